The van der Waals surface area contributed by atoms with E-state index in [9.17, 15) is 9.18 Å². The lowest BCUT2D eigenvalue weighted by atomic mass is 10.0. The normalized spacial score (nSPS) is 12.2. The number of alkyl halides is 1. The summed E-state index contributed by atoms with van der Waals surface area (Å²) in [6, 6.07) is 4.55. The van der Waals surface area contributed by atoms with Gasteiger partial charge >= 0.3 is 0 Å². The first-order valence-electron chi connectivity index (χ1n) is 6.68. The van der Waals surface area contributed by atoms with Crippen molar-refractivity contribution in [1.82, 2.24) is 5.32 Å². The molecule has 1 aromatic rings. The number of rotatable bonds is 7. The molecule has 0 spiro atoms. The molecule has 0 aliphatic carbocycles. The van der Waals surface area contributed by atoms with Crippen LogP contribution < -0.4 is 5.32 Å². The average Bonchev–Trinajstić information content (AvgIpc) is 2.39. The first-order chi connectivity index (χ1) is 9.08. The fourth-order valence-electron chi connectivity index (χ4n) is 2.06. The van der Waals surface area contributed by atoms with Gasteiger partial charge in [-0.25, -0.2) is 4.39 Å². The number of benzene rings is 1. The van der Waals surface area contributed by atoms with Gasteiger partial charge in [-0.2, -0.15) is 0 Å². The van der Waals surface area contributed by atoms with Crippen molar-refractivity contribution < 1.29 is 9.18 Å². The van der Waals surface area contributed by atoms with Crippen LogP contribution in [0.3, 0.4) is 0 Å². The van der Waals surface area contributed by atoms with Gasteiger partial charge in [0.25, 0.3) is 5.91 Å². The first-order valence-corrected chi connectivity index (χ1v) is 7.22. The molecule has 0 fully saturated rings. The molecular weight excluding hydrogens is 265 g/mol. The molecule has 0 saturated heterocycles. The van der Waals surface area contributed by atoms with Gasteiger partial charge in [0.2, 0.25) is 0 Å². The maximum Gasteiger partial charge on any atom is 0.254 e. The molecule has 1 amide bonds. The first kappa shape index (κ1) is 16.0. The van der Waals surface area contributed by atoms with E-state index in [-0.39, 0.29) is 11.5 Å². The summed E-state index contributed by atoms with van der Waals surface area (Å²) in [7, 11) is 0. The molecule has 0 saturated carbocycles. The van der Waals surface area contributed by atoms with Crippen LogP contribution >= 0.6 is 11.6 Å². The lowest BCUT2D eigenvalue weighted by Crippen LogP contribution is -2.30. The Morgan fingerprint density at radius 2 is 2.16 bits per heavy atom. The van der Waals surface area contributed by atoms with Crippen molar-refractivity contribution in [1.29, 1.82) is 0 Å². The van der Waals surface area contributed by atoms with Gasteiger partial charge in [0.05, 0.1) is 5.56 Å². The minimum Gasteiger partial charge on any atom is -0.352 e. The van der Waals surface area contributed by atoms with Gasteiger partial charge in [-0.1, -0.05) is 25.0 Å². The molecule has 1 rings (SSSR count). The lowest BCUT2D eigenvalue weighted by Gasteiger charge is -2.15. The van der Waals surface area contributed by atoms with Crippen molar-refractivity contribution in [3.05, 3.63) is 35.1 Å². The monoisotopic (exact) mass is 285 g/mol. The van der Waals surface area contributed by atoms with E-state index in [4.69, 9.17) is 11.6 Å². The second-order valence-electron chi connectivity index (χ2n) is 4.83. The summed E-state index contributed by atoms with van der Waals surface area (Å²) in [6.07, 6.45) is 2.94. The van der Waals surface area contributed by atoms with Crippen LogP contribution in [0.15, 0.2) is 18.2 Å². The van der Waals surface area contributed by atoms with E-state index in [0.717, 1.165) is 24.8 Å². The third-order valence-electron chi connectivity index (χ3n) is 3.13. The van der Waals surface area contributed by atoms with Crippen molar-refractivity contribution >= 4 is 17.5 Å². The summed E-state index contributed by atoms with van der Waals surface area (Å²) in [4.78, 5) is 11.9. The Morgan fingerprint density at radius 3 is 2.79 bits per heavy atom. The molecule has 0 aliphatic rings. The molecule has 1 unspecified atom stereocenters. The quantitative estimate of drug-likeness (QED) is 0.756. The van der Waals surface area contributed by atoms with Crippen molar-refractivity contribution in [3.8, 4) is 0 Å². The van der Waals surface area contributed by atoms with Crippen LogP contribution in [-0.4, -0.2) is 18.3 Å². The van der Waals surface area contributed by atoms with Crippen molar-refractivity contribution in [2.75, 3.05) is 12.4 Å². The van der Waals surface area contributed by atoms with Gasteiger partial charge in [0, 0.05) is 12.4 Å². The zero-order valence-electron chi connectivity index (χ0n) is 11.5. The van der Waals surface area contributed by atoms with Crippen LogP contribution in [-0.2, 0) is 0 Å². The standard InChI is InChI=1S/C15H21ClFNO/c1-3-4-12(7-8-16)10-18-15(19)13-9-11(2)5-6-14(13)17/h5-6,9,12H,3-4,7-8,10H2,1-2H3,(H,18,19). The number of halogens is 2. The Hall–Kier alpha value is -1.09. The number of carbonyl (C=O) groups is 1. The van der Waals surface area contributed by atoms with Crippen molar-refractivity contribution in [2.24, 2.45) is 5.92 Å². The van der Waals surface area contributed by atoms with Crippen molar-refractivity contribution in [3.63, 3.8) is 0 Å². The smallest absolute Gasteiger partial charge is 0.254 e. The summed E-state index contributed by atoms with van der Waals surface area (Å²) in [5.41, 5.74) is 0.985. The van der Waals surface area contributed by atoms with Gasteiger partial charge in [0.1, 0.15) is 5.82 Å². The summed E-state index contributed by atoms with van der Waals surface area (Å²) < 4.78 is 13.6. The maximum absolute atomic E-state index is 13.6. The Morgan fingerprint density at radius 1 is 1.42 bits per heavy atom. The second-order valence-corrected chi connectivity index (χ2v) is 5.20. The number of aryl methyl sites for hydroxylation is 1. The van der Waals surface area contributed by atoms with E-state index >= 15 is 0 Å². The summed E-state index contributed by atoms with van der Waals surface area (Å²) in [6.45, 7) is 4.49. The highest BCUT2D eigenvalue weighted by molar-refractivity contribution is 6.17. The lowest BCUT2D eigenvalue weighted by molar-refractivity contribution is 0.0942. The van der Waals surface area contributed by atoms with Gasteiger partial charge in [0.15, 0.2) is 0 Å². The fourth-order valence-corrected chi connectivity index (χ4v) is 2.37. The van der Waals surface area contributed by atoms with Crippen LogP contribution in [0.2, 0.25) is 0 Å². The highest BCUT2D eigenvalue weighted by Crippen LogP contribution is 2.13. The van der Waals surface area contributed by atoms with Gasteiger partial charge in [-0.05, 0) is 37.8 Å². The fraction of sp³-hybridized carbons (Fsp3) is 0.533. The zero-order valence-corrected chi connectivity index (χ0v) is 12.3. The second kappa shape index (κ2) is 8.16. The highest BCUT2D eigenvalue weighted by Gasteiger charge is 2.14. The van der Waals surface area contributed by atoms with Crippen LogP contribution in [0, 0.1) is 18.7 Å². The van der Waals surface area contributed by atoms with Gasteiger partial charge in [-0.3, -0.25) is 4.79 Å². The molecule has 1 atom stereocenters. The Balaban J connectivity index is 2.61. The van der Waals surface area contributed by atoms with Crippen molar-refractivity contribution in [2.45, 2.75) is 33.1 Å². The molecule has 2 nitrogen and oxygen atoms in total. The van der Waals surface area contributed by atoms with Gasteiger partial charge in [-0.15, -0.1) is 11.6 Å². The Kier molecular flexibility index (Phi) is 6.85. The topological polar surface area (TPSA) is 29.1 Å². The number of hydrogen-bond donors (Lipinski definition) is 1. The third kappa shape index (κ3) is 5.19. The third-order valence-corrected chi connectivity index (χ3v) is 3.35. The van der Waals surface area contributed by atoms with E-state index < -0.39 is 5.82 Å². The predicted octanol–water partition coefficient (Wildman–Crippen LogP) is 3.91. The Labute approximate surface area is 119 Å². The molecule has 106 valence electrons. The maximum atomic E-state index is 13.6. The minimum atomic E-state index is -0.479. The number of nitrogens with one attached hydrogen (secondary N) is 1. The summed E-state index contributed by atoms with van der Waals surface area (Å²) in [5, 5.41) is 2.80. The molecule has 1 N–H and O–H groups in total. The largest absolute Gasteiger partial charge is 0.352 e. The molecule has 1 aromatic carbocycles. The molecule has 0 heterocycles. The van der Waals surface area contributed by atoms with Crippen LogP contribution in [0.25, 0.3) is 0 Å². The average molecular weight is 286 g/mol. The van der Waals surface area contributed by atoms with E-state index in [2.05, 4.69) is 12.2 Å². The van der Waals surface area contributed by atoms with Crippen LogP contribution in [0.1, 0.15) is 42.1 Å². The summed E-state index contributed by atoms with van der Waals surface area (Å²) >= 11 is 5.74. The Bertz CT molecular complexity index is 417. The molecule has 0 radical (unpaired) electrons. The minimum absolute atomic E-state index is 0.112. The number of carbonyl (C=O) groups excluding carboxylic acids is 1. The number of hydrogen-bond acceptors (Lipinski definition) is 1. The molecule has 4 heteroatoms. The van der Waals surface area contributed by atoms with E-state index in [1.807, 2.05) is 6.92 Å². The molecule has 0 aliphatic heterocycles. The zero-order chi connectivity index (χ0) is 14.3. The van der Waals surface area contributed by atoms with E-state index in [1.165, 1.54) is 6.07 Å². The molecule has 19 heavy (non-hydrogen) atoms. The number of amides is 1. The highest BCUT2D eigenvalue weighted by atomic mass is 35.5. The molecular formula is C15H21ClFNO. The van der Waals surface area contributed by atoms with E-state index in [0.29, 0.717) is 18.3 Å². The molecule has 0 aromatic heterocycles. The summed E-state index contributed by atoms with van der Waals surface area (Å²) in [5.74, 6) is 0.114. The van der Waals surface area contributed by atoms with E-state index in [1.54, 1.807) is 12.1 Å². The van der Waals surface area contributed by atoms with Gasteiger partial charge < -0.3 is 5.32 Å². The predicted molar refractivity (Wildman–Crippen MR) is 77.2 cm³/mol. The van der Waals surface area contributed by atoms with Crippen LogP contribution in [0.4, 0.5) is 4.39 Å². The molecule has 0 bridgehead atoms. The SMILES string of the molecule is CCCC(CCCl)CNC(=O)c1cc(C)ccc1F. The van der Waals surface area contributed by atoms with Crippen LogP contribution in [0.5, 0.6) is 0 Å².